The molecule has 0 aromatic carbocycles. The van der Waals surface area contributed by atoms with Crippen LogP contribution in [0.3, 0.4) is 0 Å². The van der Waals surface area contributed by atoms with Crippen LogP contribution in [0.1, 0.15) is 19.9 Å². The maximum absolute atomic E-state index is 11.4. The van der Waals surface area contributed by atoms with E-state index in [9.17, 15) is 9.59 Å². The number of nitrogens with two attached hydrogens (primary N) is 1. The Hall–Kier alpha value is -1.78. The van der Waals surface area contributed by atoms with Gasteiger partial charge in [-0.05, 0) is 13.8 Å². The molecule has 1 aromatic heterocycles. The van der Waals surface area contributed by atoms with Crippen LogP contribution in [-0.4, -0.2) is 17.1 Å². The molecule has 0 saturated carbocycles. The Labute approximate surface area is 87.5 Å². The maximum Gasteiger partial charge on any atom is 0.328 e. The van der Waals surface area contributed by atoms with Crippen molar-refractivity contribution in [2.75, 3.05) is 12.3 Å². The number of rotatable bonds is 3. The van der Waals surface area contributed by atoms with Gasteiger partial charge in [-0.3, -0.25) is 4.79 Å². The van der Waals surface area contributed by atoms with Gasteiger partial charge in [0.1, 0.15) is 6.04 Å². The van der Waals surface area contributed by atoms with E-state index in [0.717, 1.165) is 0 Å². The molecule has 1 unspecified atom stereocenters. The number of hydrogen-bond donors (Lipinski definition) is 1. The molecule has 1 atom stereocenters. The summed E-state index contributed by atoms with van der Waals surface area (Å²) in [4.78, 5) is 22.4. The van der Waals surface area contributed by atoms with E-state index in [1.807, 2.05) is 0 Å². The zero-order chi connectivity index (χ0) is 11.4. The van der Waals surface area contributed by atoms with Crippen LogP contribution in [0.5, 0.6) is 0 Å². The van der Waals surface area contributed by atoms with E-state index in [1.165, 1.54) is 18.5 Å². The van der Waals surface area contributed by atoms with Gasteiger partial charge in [0.25, 0.3) is 0 Å². The van der Waals surface area contributed by atoms with Gasteiger partial charge < -0.3 is 15.0 Å². The summed E-state index contributed by atoms with van der Waals surface area (Å²) in [5.41, 5.74) is 5.32. The van der Waals surface area contributed by atoms with Gasteiger partial charge in [0.2, 0.25) is 5.43 Å². The highest BCUT2D eigenvalue weighted by molar-refractivity contribution is 5.73. The summed E-state index contributed by atoms with van der Waals surface area (Å²) in [7, 11) is 0. The van der Waals surface area contributed by atoms with Crippen molar-refractivity contribution in [2.45, 2.75) is 19.9 Å². The van der Waals surface area contributed by atoms with Crippen molar-refractivity contribution in [1.82, 2.24) is 4.57 Å². The number of aromatic nitrogens is 1. The molecule has 0 radical (unpaired) electrons. The minimum Gasteiger partial charge on any atom is -0.464 e. The van der Waals surface area contributed by atoms with Crippen LogP contribution < -0.4 is 11.2 Å². The highest BCUT2D eigenvalue weighted by Gasteiger charge is 2.14. The first-order chi connectivity index (χ1) is 7.06. The Balaban J connectivity index is 2.91. The zero-order valence-corrected chi connectivity index (χ0v) is 8.77. The molecule has 0 saturated heterocycles. The summed E-state index contributed by atoms with van der Waals surface area (Å²) in [6.07, 6.45) is 2.95. The SMILES string of the molecule is CCOC(=O)C(C)n1ccc(=O)c(N)c1. The monoisotopic (exact) mass is 210 g/mol. The molecule has 0 spiro atoms. The number of hydrogen-bond acceptors (Lipinski definition) is 4. The molecule has 1 heterocycles. The van der Waals surface area contributed by atoms with Crippen LogP contribution in [-0.2, 0) is 9.53 Å². The summed E-state index contributed by atoms with van der Waals surface area (Å²) < 4.78 is 6.40. The summed E-state index contributed by atoms with van der Waals surface area (Å²) in [5.74, 6) is -0.347. The van der Waals surface area contributed by atoms with Crippen LogP contribution in [0.2, 0.25) is 0 Å². The topological polar surface area (TPSA) is 74.3 Å². The quantitative estimate of drug-likeness (QED) is 0.739. The molecule has 0 amide bonds. The first kappa shape index (κ1) is 11.3. The molecule has 0 fully saturated rings. The molecule has 0 bridgehead atoms. The molecule has 0 aliphatic carbocycles. The van der Waals surface area contributed by atoms with Crippen LogP contribution >= 0.6 is 0 Å². The smallest absolute Gasteiger partial charge is 0.328 e. The van der Waals surface area contributed by atoms with Crippen molar-refractivity contribution < 1.29 is 9.53 Å². The Bertz CT molecular complexity index is 411. The van der Waals surface area contributed by atoms with Crippen molar-refractivity contribution >= 4 is 11.7 Å². The van der Waals surface area contributed by atoms with E-state index < -0.39 is 6.04 Å². The number of carbonyl (C=O) groups is 1. The van der Waals surface area contributed by atoms with E-state index >= 15 is 0 Å². The third kappa shape index (κ3) is 2.59. The summed E-state index contributed by atoms with van der Waals surface area (Å²) in [5, 5.41) is 0. The highest BCUT2D eigenvalue weighted by atomic mass is 16.5. The van der Waals surface area contributed by atoms with E-state index in [-0.39, 0.29) is 17.1 Å². The second-order valence-electron chi connectivity index (χ2n) is 3.14. The summed E-state index contributed by atoms with van der Waals surface area (Å²) in [6.45, 7) is 3.76. The van der Waals surface area contributed by atoms with Gasteiger partial charge in [0.05, 0.1) is 12.3 Å². The fourth-order valence-electron chi connectivity index (χ4n) is 1.14. The number of nitrogen functional groups attached to an aromatic ring is 1. The third-order valence-corrected chi connectivity index (χ3v) is 2.05. The fraction of sp³-hybridized carbons (Fsp3) is 0.400. The van der Waals surface area contributed by atoms with Crippen LogP contribution in [0, 0.1) is 0 Å². The molecule has 0 aliphatic rings. The zero-order valence-electron chi connectivity index (χ0n) is 8.77. The van der Waals surface area contributed by atoms with Gasteiger partial charge >= 0.3 is 5.97 Å². The molecule has 0 aliphatic heterocycles. The minimum atomic E-state index is -0.479. The Morgan fingerprint density at radius 3 is 2.87 bits per heavy atom. The lowest BCUT2D eigenvalue weighted by molar-refractivity contribution is -0.146. The van der Waals surface area contributed by atoms with Gasteiger partial charge in [-0.1, -0.05) is 0 Å². The molecular weight excluding hydrogens is 196 g/mol. The predicted octanol–water partition coefficient (Wildman–Crippen LogP) is 0.555. The number of ether oxygens (including phenoxy) is 1. The lowest BCUT2D eigenvalue weighted by Gasteiger charge is -2.14. The van der Waals surface area contributed by atoms with Crippen LogP contribution in [0.4, 0.5) is 5.69 Å². The number of anilines is 1. The van der Waals surface area contributed by atoms with E-state index in [1.54, 1.807) is 18.4 Å². The average molecular weight is 210 g/mol. The predicted molar refractivity (Wildman–Crippen MR) is 56.5 cm³/mol. The van der Waals surface area contributed by atoms with Gasteiger partial charge in [0.15, 0.2) is 0 Å². The molecule has 1 rings (SSSR count). The van der Waals surface area contributed by atoms with E-state index in [4.69, 9.17) is 10.5 Å². The first-order valence-corrected chi connectivity index (χ1v) is 4.70. The molecule has 5 nitrogen and oxygen atoms in total. The van der Waals surface area contributed by atoms with Gasteiger partial charge in [-0.2, -0.15) is 0 Å². The number of esters is 1. The van der Waals surface area contributed by atoms with Crippen molar-refractivity contribution in [3.05, 3.63) is 28.7 Å². The van der Waals surface area contributed by atoms with Crippen LogP contribution in [0.15, 0.2) is 23.3 Å². The average Bonchev–Trinajstić information content (AvgIpc) is 2.21. The molecule has 5 heteroatoms. The maximum atomic E-state index is 11.4. The van der Waals surface area contributed by atoms with Gasteiger partial charge in [-0.15, -0.1) is 0 Å². The summed E-state index contributed by atoms with van der Waals surface area (Å²) >= 11 is 0. The van der Waals surface area contributed by atoms with Crippen molar-refractivity contribution in [3.63, 3.8) is 0 Å². The molecule has 1 aromatic rings. The Morgan fingerprint density at radius 1 is 1.67 bits per heavy atom. The second-order valence-corrected chi connectivity index (χ2v) is 3.14. The van der Waals surface area contributed by atoms with Crippen molar-refractivity contribution in [1.29, 1.82) is 0 Å². The number of nitrogens with zero attached hydrogens (tertiary/aromatic N) is 1. The first-order valence-electron chi connectivity index (χ1n) is 4.70. The molecular formula is C10H14N2O3. The molecule has 2 N–H and O–H groups in total. The number of carbonyl (C=O) groups excluding carboxylic acids is 1. The minimum absolute atomic E-state index is 0.119. The second kappa shape index (κ2) is 4.63. The lowest BCUT2D eigenvalue weighted by atomic mass is 10.3. The summed E-state index contributed by atoms with van der Waals surface area (Å²) in [6, 6.07) is 0.846. The van der Waals surface area contributed by atoms with Gasteiger partial charge in [0, 0.05) is 18.5 Å². The van der Waals surface area contributed by atoms with Crippen LogP contribution in [0.25, 0.3) is 0 Å². The number of pyridine rings is 1. The Morgan fingerprint density at radius 2 is 2.33 bits per heavy atom. The van der Waals surface area contributed by atoms with Crippen molar-refractivity contribution in [3.8, 4) is 0 Å². The van der Waals surface area contributed by atoms with Gasteiger partial charge in [-0.25, -0.2) is 4.79 Å². The van der Waals surface area contributed by atoms with E-state index in [2.05, 4.69) is 0 Å². The fourth-order valence-corrected chi connectivity index (χ4v) is 1.14. The molecule has 15 heavy (non-hydrogen) atoms. The third-order valence-electron chi connectivity index (χ3n) is 2.05. The molecule has 82 valence electrons. The van der Waals surface area contributed by atoms with Crippen molar-refractivity contribution in [2.24, 2.45) is 0 Å². The van der Waals surface area contributed by atoms with E-state index in [0.29, 0.717) is 6.61 Å². The lowest BCUT2D eigenvalue weighted by Crippen LogP contribution is -2.21. The standard InChI is InChI=1S/C10H14N2O3/c1-3-15-10(14)7(2)12-5-4-9(13)8(11)6-12/h4-7H,3,11H2,1-2H3. The largest absolute Gasteiger partial charge is 0.464 e. The highest BCUT2D eigenvalue weighted by Crippen LogP contribution is 2.08. The normalized spacial score (nSPS) is 12.1. The Kier molecular flexibility index (Phi) is 3.49.